The first-order chi connectivity index (χ1) is 9.40. The Morgan fingerprint density at radius 3 is 2.50 bits per heavy atom. The molecule has 0 unspecified atom stereocenters. The summed E-state index contributed by atoms with van der Waals surface area (Å²) in [4.78, 5) is 3.35. The second-order valence-electron chi connectivity index (χ2n) is 4.22. The molecular formula is C14H10F3N3. The smallest absolute Gasteiger partial charge is 0.353 e. The number of aromatic nitrogens is 1. The van der Waals surface area contributed by atoms with E-state index in [-0.39, 0.29) is 0 Å². The molecule has 0 aliphatic rings. The number of anilines is 2. The fourth-order valence-corrected chi connectivity index (χ4v) is 1.65. The average molecular weight is 277 g/mol. The largest absolute Gasteiger partial charge is 0.433 e. The first-order valence-corrected chi connectivity index (χ1v) is 5.71. The second-order valence-corrected chi connectivity index (χ2v) is 4.22. The zero-order chi connectivity index (χ0) is 14.8. The SMILES string of the molecule is Cc1ccc(Nc2ccc(C(F)(F)F)nc2)c(C#N)c1. The Morgan fingerprint density at radius 1 is 1.20 bits per heavy atom. The summed E-state index contributed by atoms with van der Waals surface area (Å²) in [5.74, 6) is 0. The molecular weight excluding hydrogens is 267 g/mol. The Labute approximate surface area is 113 Å². The average Bonchev–Trinajstić information content (AvgIpc) is 2.40. The van der Waals surface area contributed by atoms with Crippen molar-refractivity contribution >= 4 is 11.4 Å². The first-order valence-electron chi connectivity index (χ1n) is 5.71. The van der Waals surface area contributed by atoms with E-state index in [1.54, 1.807) is 18.2 Å². The monoisotopic (exact) mass is 277 g/mol. The maximum Gasteiger partial charge on any atom is 0.433 e. The van der Waals surface area contributed by atoms with Crippen molar-refractivity contribution in [2.75, 3.05) is 5.32 Å². The van der Waals surface area contributed by atoms with Gasteiger partial charge in [0.25, 0.3) is 0 Å². The van der Waals surface area contributed by atoms with Gasteiger partial charge in [0.2, 0.25) is 0 Å². The van der Waals surface area contributed by atoms with Gasteiger partial charge in [0.15, 0.2) is 0 Å². The van der Waals surface area contributed by atoms with Gasteiger partial charge >= 0.3 is 6.18 Å². The predicted molar refractivity (Wildman–Crippen MR) is 68.4 cm³/mol. The summed E-state index contributed by atoms with van der Waals surface area (Å²) >= 11 is 0. The number of pyridine rings is 1. The topological polar surface area (TPSA) is 48.7 Å². The number of nitriles is 1. The third kappa shape index (κ3) is 3.06. The Kier molecular flexibility index (Phi) is 3.61. The van der Waals surface area contributed by atoms with Crippen LogP contribution in [0.5, 0.6) is 0 Å². The summed E-state index contributed by atoms with van der Waals surface area (Å²) in [6, 6.07) is 9.40. The van der Waals surface area contributed by atoms with Gasteiger partial charge in [-0.1, -0.05) is 6.07 Å². The molecule has 2 aromatic rings. The van der Waals surface area contributed by atoms with Crippen LogP contribution in [0, 0.1) is 18.3 Å². The van der Waals surface area contributed by atoms with Crippen molar-refractivity contribution in [3.05, 3.63) is 53.3 Å². The molecule has 0 aliphatic carbocycles. The third-order valence-electron chi connectivity index (χ3n) is 2.63. The van der Waals surface area contributed by atoms with Crippen LogP contribution < -0.4 is 5.32 Å². The predicted octanol–water partition coefficient (Wildman–Crippen LogP) is 4.02. The van der Waals surface area contributed by atoms with E-state index in [0.717, 1.165) is 17.8 Å². The first kappa shape index (κ1) is 13.9. The highest BCUT2D eigenvalue weighted by molar-refractivity contribution is 5.66. The third-order valence-corrected chi connectivity index (χ3v) is 2.63. The van der Waals surface area contributed by atoms with E-state index in [0.29, 0.717) is 16.9 Å². The van der Waals surface area contributed by atoms with E-state index in [9.17, 15) is 13.2 Å². The summed E-state index contributed by atoms with van der Waals surface area (Å²) in [6.45, 7) is 1.85. The van der Waals surface area contributed by atoms with Crippen molar-refractivity contribution < 1.29 is 13.2 Å². The Morgan fingerprint density at radius 2 is 1.95 bits per heavy atom. The van der Waals surface area contributed by atoms with Crippen LogP contribution in [0.2, 0.25) is 0 Å². The van der Waals surface area contributed by atoms with Gasteiger partial charge in [0.1, 0.15) is 11.8 Å². The summed E-state index contributed by atoms with van der Waals surface area (Å²) in [6.07, 6.45) is -3.37. The molecule has 102 valence electrons. The molecule has 0 atom stereocenters. The van der Waals surface area contributed by atoms with Crippen LogP contribution in [-0.4, -0.2) is 4.98 Å². The van der Waals surface area contributed by atoms with E-state index in [4.69, 9.17) is 5.26 Å². The van der Waals surface area contributed by atoms with Crippen LogP contribution in [0.1, 0.15) is 16.8 Å². The van der Waals surface area contributed by atoms with Crippen LogP contribution >= 0.6 is 0 Å². The van der Waals surface area contributed by atoms with Crippen LogP contribution in [0.15, 0.2) is 36.5 Å². The minimum atomic E-state index is -4.46. The molecule has 0 amide bonds. The standard InChI is InChI=1S/C14H10F3N3/c1-9-2-4-12(10(6-9)7-18)20-11-3-5-13(19-8-11)14(15,16)17/h2-6,8,20H,1H3. The lowest BCUT2D eigenvalue weighted by atomic mass is 10.1. The Balaban J connectivity index is 2.25. The summed E-state index contributed by atoms with van der Waals surface area (Å²) in [5, 5.41) is 11.9. The maximum atomic E-state index is 12.4. The van der Waals surface area contributed by atoms with Gasteiger partial charge in [-0.15, -0.1) is 0 Å². The molecule has 2 rings (SSSR count). The molecule has 0 saturated heterocycles. The zero-order valence-corrected chi connectivity index (χ0v) is 10.5. The molecule has 1 aromatic carbocycles. The number of rotatable bonds is 2. The molecule has 1 heterocycles. The van der Waals surface area contributed by atoms with E-state index in [1.807, 2.05) is 13.0 Å². The van der Waals surface area contributed by atoms with Crippen molar-refractivity contribution in [2.45, 2.75) is 13.1 Å². The van der Waals surface area contributed by atoms with Crippen LogP contribution in [0.25, 0.3) is 0 Å². The van der Waals surface area contributed by atoms with Gasteiger partial charge in [-0.3, -0.25) is 0 Å². The zero-order valence-electron chi connectivity index (χ0n) is 10.5. The normalized spacial score (nSPS) is 10.9. The van der Waals surface area contributed by atoms with E-state index in [2.05, 4.69) is 10.3 Å². The minimum absolute atomic E-state index is 0.387. The molecule has 0 saturated carbocycles. The fraction of sp³-hybridized carbons (Fsp3) is 0.143. The van der Waals surface area contributed by atoms with Crippen molar-refractivity contribution in [3.63, 3.8) is 0 Å². The summed E-state index contributed by atoms with van der Waals surface area (Å²) in [5.41, 5.74) is 1.31. The van der Waals surface area contributed by atoms with Crippen molar-refractivity contribution in [1.82, 2.24) is 4.98 Å². The van der Waals surface area contributed by atoms with Crippen LogP contribution in [0.3, 0.4) is 0 Å². The van der Waals surface area contributed by atoms with Gasteiger partial charge in [-0.05, 0) is 36.8 Å². The highest BCUT2D eigenvalue weighted by Crippen LogP contribution is 2.28. The molecule has 1 aromatic heterocycles. The highest BCUT2D eigenvalue weighted by Gasteiger charge is 2.32. The van der Waals surface area contributed by atoms with Crippen LogP contribution in [0.4, 0.5) is 24.5 Å². The molecule has 0 bridgehead atoms. The van der Waals surface area contributed by atoms with Gasteiger partial charge in [-0.25, -0.2) is 4.98 Å². The molecule has 6 heteroatoms. The second kappa shape index (κ2) is 5.21. The lowest BCUT2D eigenvalue weighted by molar-refractivity contribution is -0.141. The molecule has 0 radical (unpaired) electrons. The summed E-state index contributed by atoms with van der Waals surface area (Å²) in [7, 11) is 0. The number of nitrogens with one attached hydrogen (secondary N) is 1. The fourth-order valence-electron chi connectivity index (χ4n) is 1.65. The molecule has 0 fully saturated rings. The quantitative estimate of drug-likeness (QED) is 0.901. The minimum Gasteiger partial charge on any atom is -0.353 e. The molecule has 0 spiro atoms. The van der Waals surface area contributed by atoms with Gasteiger partial charge in [0.05, 0.1) is 23.1 Å². The van der Waals surface area contributed by atoms with E-state index < -0.39 is 11.9 Å². The lowest BCUT2D eigenvalue weighted by Gasteiger charge is -2.10. The maximum absolute atomic E-state index is 12.4. The number of benzene rings is 1. The number of hydrogen-bond acceptors (Lipinski definition) is 3. The van der Waals surface area contributed by atoms with Gasteiger partial charge in [-0.2, -0.15) is 18.4 Å². The molecule has 3 nitrogen and oxygen atoms in total. The Hall–Kier alpha value is -2.55. The van der Waals surface area contributed by atoms with Gasteiger partial charge < -0.3 is 5.32 Å². The lowest BCUT2D eigenvalue weighted by Crippen LogP contribution is -2.07. The van der Waals surface area contributed by atoms with Crippen molar-refractivity contribution in [3.8, 4) is 6.07 Å². The highest BCUT2D eigenvalue weighted by atomic mass is 19.4. The molecule has 1 N–H and O–H groups in total. The number of nitrogens with zero attached hydrogens (tertiary/aromatic N) is 2. The number of hydrogen-bond donors (Lipinski definition) is 1. The van der Waals surface area contributed by atoms with Crippen LogP contribution in [-0.2, 0) is 6.18 Å². The van der Waals surface area contributed by atoms with Crippen molar-refractivity contribution in [1.29, 1.82) is 5.26 Å². The Bertz CT molecular complexity index is 655. The number of alkyl halides is 3. The summed E-state index contributed by atoms with van der Waals surface area (Å²) < 4.78 is 37.2. The van der Waals surface area contributed by atoms with Crippen molar-refractivity contribution in [2.24, 2.45) is 0 Å². The van der Waals surface area contributed by atoms with E-state index in [1.165, 1.54) is 6.07 Å². The number of aryl methyl sites for hydroxylation is 1. The van der Waals surface area contributed by atoms with Gasteiger partial charge in [0, 0.05) is 0 Å². The van der Waals surface area contributed by atoms with E-state index >= 15 is 0 Å². The number of halogens is 3. The molecule has 0 aliphatic heterocycles. The molecule has 20 heavy (non-hydrogen) atoms.